The number of aryl methyl sites for hydroxylation is 1. The van der Waals surface area contributed by atoms with Crippen molar-refractivity contribution in [2.75, 3.05) is 25.5 Å². The van der Waals surface area contributed by atoms with Crippen molar-refractivity contribution in [3.05, 3.63) is 52.6 Å². The number of likely N-dealkylation sites (tertiary alicyclic amines) is 1. The molecule has 1 saturated heterocycles. The number of aromatic nitrogens is 4. The zero-order valence-electron chi connectivity index (χ0n) is 17.7. The van der Waals surface area contributed by atoms with E-state index in [-0.39, 0.29) is 17.5 Å². The molecule has 3 aromatic rings. The van der Waals surface area contributed by atoms with Crippen molar-refractivity contribution in [1.82, 2.24) is 24.5 Å². The second-order valence-electron chi connectivity index (χ2n) is 7.96. The molecule has 1 amide bonds. The van der Waals surface area contributed by atoms with Crippen LogP contribution >= 0.6 is 0 Å². The summed E-state index contributed by atoms with van der Waals surface area (Å²) < 4.78 is 3.35. The monoisotopic (exact) mass is 408 g/mol. The fourth-order valence-electron chi connectivity index (χ4n) is 4.10. The summed E-state index contributed by atoms with van der Waals surface area (Å²) in [6.45, 7) is 6.18. The molecule has 0 spiro atoms. The zero-order chi connectivity index (χ0) is 21.3. The molecule has 3 heterocycles. The number of anilines is 1. The predicted molar refractivity (Wildman–Crippen MR) is 117 cm³/mol. The average molecular weight is 409 g/mol. The lowest BCUT2D eigenvalue weighted by atomic mass is 10.0. The summed E-state index contributed by atoms with van der Waals surface area (Å²) in [5, 5.41) is 13.3. The summed E-state index contributed by atoms with van der Waals surface area (Å²) >= 11 is 0. The molecule has 1 aliphatic rings. The SMILES string of the molecule is CCn1nc([C@@H](C)C(=O)Nc2ccnn2C2CCN(C)CC2)c2ccccc2c1=O. The van der Waals surface area contributed by atoms with Crippen molar-refractivity contribution in [3.8, 4) is 0 Å². The van der Waals surface area contributed by atoms with Gasteiger partial charge in [0.2, 0.25) is 5.91 Å². The van der Waals surface area contributed by atoms with Gasteiger partial charge in [-0.15, -0.1) is 0 Å². The lowest BCUT2D eigenvalue weighted by molar-refractivity contribution is -0.117. The summed E-state index contributed by atoms with van der Waals surface area (Å²) in [7, 11) is 2.12. The highest BCUT2D eigenvalue weighted by Gasteiger charge is 2.25. The first-order valence-electron chi connectivity index (χ1n) is 10.5. The highest BCUT2D eigenvalue weighted by atomic mass is 16.2. The fraction of sp³-hybridized carbons (Fsp3) is 0.455. The van der Waals surface area contributed by atoms with E-state index in [1.54, 1.807) is 12.3 Å². The molecule has 1 atom stereocenters. The number of hydrogen-bond acceptors (Lipinski definition) is 5. The number of amides is 1. The average Bonchev–Trinajstić information content (AvgIpc) is 3.22. The van der Waals surface area contributed by atoms with Gasteiger partial charge in [0.25, 0.3) is 5.56 Å². The van der Waals surface area contributed by atoms with E-state index in [1.807, 2.05) is 42.8 Å². The number of fused-ring (bicyclic) bond motifs is 1. The Hall–Kier alpha value is -3.00. The molecule has 8 heteroatoms. The summed E-state index contributed by atoms with van der Waals surface area (Å²) in [5.74, 6) is 0.0206. The van der Waals surface area contributed by atoms with E-state index in [4.69, 9.17) is 0 Å². The van der Waals surface area contributed by atoms with Gasteiger partial charge < -0.3 is 10.2 Å². The lowest BCUT2D eigenvalue weighted by Gasteiger charge is -2.30. The van der Waals surface area contributed by atoms with Crippen molar-refractivity contribution in [2.45, 2.75) is 45.2 Å². The molecule has 158 valence electrons. The maximum Gasteiger partial charge on any atom is 0.274 e. The van der Waals surface area contributed by atoms with Crippen LogP contribution in [0.25, 0.3) is 10.8 Å². The van der Waals surface area contributed by atoms with E-state index >= 15 is 0 Å². The Morgan fingerprint density at radius 1 is 1.20 bits per heavy atom. The Balaban J connectivity index is 1.61. The van der Waals surface area contributed by atoms with Gasteiger partial charge >= 0.3 is 0 Å². The van der Waals surface area contributed by atoms with Gasteiger partial charge in [-0.1, -0.05) is 18.2 Å². The van der Waals surface area contributed by atoms with Crippen molar-refractivity contribution in [3.63, 3.8) is 0 Å². The minimum atomic E-state index is -0.519. The third-order valence-corrected chi connectivity index (χ3v) is 5.95. The van der Waals surface area contributed by atoms with E-state index in [0.29, 0.717) is 23.4 Å². The molecular formula is C22H28N6O2. The van der Waals surface area contributed by atoms with Crippen LogP contribution in [0, 0.1) is 0 Å². The molecule has 8 nitrogen and oxygen atoms in total. The third kappa shape index (κ3) is 3.75. The number of carbonyl (C=O) groups excluding carboxylic acids is 1. The Morgan fingerprint density at radius 3 is 2.60 bits per heavy atom. The molecule has 1 aromatic carbocycles. The van der Waals surface area contributed by atoms with Crippen LogP contribution in [0.3, 0.4) is 0 Å². The second kappa shape index (κ2) is 8.39. The number of hydrogen-bond donors (Lipinski definition) is 1. The minimum absolute atomic E-state index is 0.134. The largest absolute Gasteiger partial charge is 0.310 e. The standard InChI is InChI=1S/C22H28N6O2/c1-4-27-22(30)18-8-6-5-7-17(18)20(25-27)15(2)21(29)24-19-9-12-23-28(19)16-10-13-26(3)14-11-16/h5-9,12,15-16H,4,10-11,13-14H2,1-3H3,(H,24,29)/t15-/m1/s1. The van der Waals surface area contributed by atoms with Gasteiger partial charge in [0, 0.05) is 18.0 Å². The molecule has 0 bridgehead atoms. The number of benzene rings is 1. The maximum absolute atomic E-state index is 13.1. The van der Waals surface area contributed by atoms with E-state index in [2.05, 4.69) is 27.5 Å². The Morgan fingerprint density at radius 2 is 1.90 bits per heavy atom. The normalized spacial score (nSPS) is 16.6. The van der Waals surface area contributed by atoms with Gasteiger partial charge in [0.15, 0.2) is 0 Å². The quantitative estimate of drug-likeness (QED) is 0.702. The Bertz CT molecular complexity index is 1110. The molecule has 1 aliphatic heterocycles. The number of nitrogens with one attached hydrogen (secondary N) is 1. The zero-order valence-corrected chi connectivity index (χ0v) is 17.7. The van der Waals surface area contributed by atoms with Crippen molar-refractivity contribution in [2.24, 2.45) is 0 Å². The van der Waals surface area contributed by atoms with E-state index in [0.717, 1.165) is 31.3 Å². The molecule has 2 aromatic heterocycles. The molecule has 0 aliphatic carbocycles. The first-order chi connectivity index (χ1) is 14.5. The Kier molecular flexibility index (Phi) is 5.67. The topological polar surface area (TPSA) is 85.1 Å². The van der Waals surface area contributed by atoms with Crippen LogP contribution < -0.4 is 10.9 Å². The van der Waals surface area contributed by atoms with Crippen LogP contribution in [0.2, 0.25) is 0 Å². The maximum atomic E-state index is 13.1. The highest BCUT2D eigenvalue weighted by molar-refractivity contribution is 5.97. The van der Waals surface area contributed by atoms with Crippen molar-refractivity contribution < 1.29 is 4.79 Å². The van der Waals surface area contributed by atoms with Gasteiger partial charge in [-0.3, -0.25) is 9.59 Å². The third-order valence-electron chi connectivity index (χ3n) is 5.95. The molecule has 30 heavy (non-hydrogen) atoms. The number of nitrogens with zero attached hydrogens (tertiary/aromatic N) is 5. The predicted octanol–water partition coefficient (Wildman–Crippen LogP) is 2.62. The van der Waals surface area contributed by atoms with Crippen LogP contribution in [0.5, 0.6) is 0 Å². The molecule has 0 radical (unpaired) electrons. The second-order valence-corrected chi connectivity index (χ2v) is 7.96. The summed E-state index contributed by atoms with van der Waals surface area (Å²) in [6.07, 6.45) is 3.73. The van der Waals surface area contributed by atoms with Crippen LogP contribution in [0.15, 0.2) is 41.3 Å². The van der Waals surface area contributed by atoms with Crippen molar-refractivity contribution in [1.29, 1.82) is 0 Å². The molecule has 0 unspecified atom stereocenters. The number of carbonyl (C=O) groups is 1. The van der Waals surface area contributed by atoms with Gasteiger partial charge in [-0.05, 0) is 52.9 Å². The van der Waals surface area contributed by atoms with E-state index in [9.17, 15) is 9.59 Å². The molecule has 0 saturated carbocycles. The lowest BCUT2D eigenvalue weighted by Crippen LogP contribution is -2.33. The van der Waals surface area contributed by atoms with Crippen LogP contribution in [0.1, 0.15) is 44.3 Å². The van der Waals surface area contributed by atoms with Gasteiger partial charge in [0.1, 0.15) is 5.82 Å². The number of piperidine rings is 1. The first kappa shape index (κ1) is 20.3. The van der Waals surface area contributed by atoms with Gasteiger partial charge in [0.05, 0.1) is 29.2 Å². The van der Waals surface area contributed by atoms with E-state index < -0.39 is 5.92 Å². The molecule has 1 fully saturated rings. The first-order valence-corrected chi connectivity index (χ1v) is 10.5. The van der Waals surface area contributed by atoms with Crippen LogP contribution in [-0.2, 0) is 11.3 Å². The van der Waals surface area contributed by atoms with Crippen LogP contribution in [-0.4, -0.2) is 50.5 Å². The Labute approximate surface area is 175 Å². The van der Waals surface area contributed by atoms with Gasteiger partial charge in [-0.2, -0.15) is 10.2 Å². The van der Waals surface area contributed by atoms with Crippen LogP contribution in [0.4, 0.5) is 5.82 Å². The minimum Gasteiger partial charge on any atom is -0.310 e. The molecular weight excluding hydrogens is 380 g/mol. The highest BCUT2D eigenvalue weighted by Crippen LogP contribution is 2.27. The summed E-state index contributed by atoms with van der Waals surface area (Å²) in [6, 6.07) is 9.45. The summed E-state index contributed by atoms with van der Waals surface area (Å²) in [4.78, 5) is 28.0. The molecule has 1 N–H and O–H groups in total. The van der Waals surface area contributed by atoms with Gasteiger partial charge in [-0.25, -0.2) is 9.36 Å². The van der Waals surface area contributed by atoms with E-state index in [1.165, 1.54) is 4.68 Å². The summed E-state index contributed by atoms with van der Waals surface area (Å²) in [5.41, 5.74) is 0.472. The number of rotatable bonds is 5. The molecule has 4 rings (SSSR count). The fourth-order valence-corrected chi connectivity index (χ4v) is 4.10. The smallest absolute Gasteiger partial charge is 0.274 e. The van der Waals surface area contributed by atoms with Crippen molar-refractivity contribution >= 4 is 22.5 Å².